The number of benzene rings is 1. The van der Waals surface area contributed by atoms with Crippen molar-refractivity contribution < 1.29 is 14.7 Å². The van der Waals surface area contributed by atoms with Crippen LogP contribution in [0.2, 0.25) is 0 Å². The molecule has 0 saturated carbocycles. The number of hydrogen-bond donors (Lipinski definition) is 2. The molecule has 20 heavy (non-hydrogen) atoms. The molecule has 1 aromatic rings. The molecule has 0 aliphatic rings. The van der Waals surface area contributed by atoms with Crippen molar-refractivity contribution in [2.45, 2.75) is 46.1 Å². The van der Waals surface area contributed by atoms with E-state index in [9.17, 15) is 14.7 Å². The second kappa shape index (κ2) is 7.08. The van der Waals surface area contributed by atoms with Gasteiger partial charge in [0.1, 0.15) is 6.04 Å². The summed E-state index contributed by atoms with van der Waals surface area (Å²) in [5, 5.41) is 11.8. The number of amides is 1. The smallest absolute Gasteiger partial charge is 0.326 e. The molecule has 0 aromatic heterocycles. The van der Waals surface area contributed by atoms with Gasteiger partial charge in [0, 0.05) is 5.56 Å². The largest absolute Gasteiger partial charge is 0.480 e. The third kappa shape index (κ3) is 5.87. The Morgan fingerprint density at radius 1 is 1.20 bits per heavy atom. The zero-order chi connectivity index (χ0) is 15.2. The Hall–Kier alpha value is -1.84. The summed E-state index contributed by atoms with van der Waals surface area (Å²) in [5.41, 5.74) is 0.654. The first kappa shape index (κ1) is 16.2. The molecule has 1 atom stereocenters. The first-order chi connectivity index (χ1) is 9.29. The van der Waals surface area contributed by atoms with Gasteiger partial charge in [-0.3, -0.25) is 4.79 Å². The van der Waals surface area contributed by atoms with E-state index in [0.717, 1.165) is 12.8 Å². The lowest BCUT2D eigenvalue weighted by molar-refractivity contribution is -0.139. The fourth-order valence-electron chi connectivity index (χ4n) is 1.93. The number of rotatable bonds is 6. The highest BCUT2D eigenvalue weighted by molar-refractivity contribution is 5.96. The lowest BCUT2D eigenvalue weighted by Crippen LogP contribution is -2.40. The van der Waals surface area contributed by atoms with Crippen molar-refractivity contribution in [3.05, 3.63) is 35.9 Å². The third-order valence-corrected chi connectivity index (χ3v) is 3.06. The van der Waals surface area contributed by atoms with E-state index < -0.39 is 12.0 Å². The van der Waals surface area contributed by atoms with Crippen LogP contribution in [-0.2, 0) is 4.79 Å². The first-order valence-electron chi connectivity index (χ1n) is 6.88. The van der Waals surface area contributed by atoms with Crippen molar-refractivity contribution in [3.8, 4) is 0 Å². The monoisotopic (exact) mass is 277 g/mol. The Morgan fingerprint density at radius 3 is 2.30 bits per heavy atom. The van der Waals surface area contributed by atoms with E-state index in [0.29, 0.717) is 12.0 Å². The van der Waals surface area contributed by atoms with Crippen molar-refractivity contribution in [2.24, 2.45) is 5.41 Å². The third-order valence-electron chi connectivity index (χ3n) is 3.06. The van der Waals surface area contributed by atoms with Crippen LogP contribution >= 0.6 is 0 Å². The minimum atomic E-state index is -0.983. The van der Waals surface area contributed by atoms with Crippen LogP contribution in [0.1, 0.15) is 50.4 Å². The van der Waals surface area contributed by atoms with Crippen LogP contribution in [0.25, 0.3) is 0 Å². The Morgan fingerprint density at radius 2 is 1.80 bits per heavy atom. The van der Waals surface area contributed by atoms with Gasteiger partial charge in [-0.15, -0.1) is 0 Å². The van der Waals surface area contributed by atoms with Crippen molar-refractivity contribution in [1.29, 1.82) is 0 Å². The Kier molecular flexibility index (Phi) is 5.74. The van der Waals surface area contributed by atoms with Gasteiger partial charge in [0.2, 0.25) is 0 Å². The minimum Gasteiger partial charge on any atom is -0.480 e. The minimum absolute atomic E-state index is 0.173. The number of nitrogens with one attached hydrogen (secondary N) is 1. The normalized spacial score (nSPS) is 12.8. The number of carbonyl (C=O) groups excluding carboxylic acids is 1. The quantitative estimate of drug-likeness (QED) is 0.839. The van der Waals surface area contributed by atoms with Gasteiger partial charge in [-0.2, -0.15) is 0 Å². The highest BCUT2D eigenvalue weighted by Crippen LogP contribution is 2.22. The molecule has 1 aromatic carbocycles. The van der Waals surface area contributed by atoms with Gasteiger partial charge in [-0.05, 0) is 30.4 Å². The second-order valence-electron chi connectivity index (χ2n) is 6.18. The van der Waals surface area contributed by atoms with Crippen molar-refractivity contribution in [3.63, 3.8) is 0 Å². The van der Waals surface area contributed by atoms with Crippen LogP contribution in [0, 0.1) is 5.41 Å². The predicted octanol–water partition coefficient (Wildman–Crippen LogP) is 3.09. The number of carbonyl (C=O) groups is 2. The average molecular weight is 277 g/mol. The molecule has 1 amide bonds. The standard InChI is InChI=1S/C16H23NO3/c1-16(2,3)11-7-10-13(15(19)20)17-14(18)12-8-5-4-6-9-12/h4-6,8-9,13H,7,10-11H2,1-3H3,(H,17,18)(H,19,20). The molecule has 0 aliphatic carbocycles. The number of aliphatic carboxylic acids is 1. The fraction of sp³-hybridized carbons (Fsp3) is 0.500. The lowest BCUT2D eigenvalue weighted by Gasteiger charge is -2.20. The number of hydrogen-bond acceptors (Lipinski definition) is 2. The van der Waals surface area contributed by atoms with Gasteiger partial charge in [0.05, 0.1) is 0 Å². The molecule has 0 radical (unpaired) electrons. The second-order valence-corrected chi connectivity index (χ2v) is 6.18. The maximum Gasteiger partial charge on any atom is 0.326 e. The molecule has 2 N–H and O–H groups in total. The van der Waals surface area contributed by atoms with Gasteiger partial charge in [-0.25, -0.2) is 4.79 Å². The van der Waals surface area contributed by atoms with Crippen LogP contribution < -0.4 is 5.32 Å². The molecule has 0 saturated heterocycles. The van der Waals surface area contributed by atoms with Gasteiger partial charge in [0.25, 0.3) is 5.91 Å². The summed E-state index contributed by atoms with van der Waals surface area (Å²) in [4.78, 5) is 23.2. The van der Waals surface area contributed by atoms with Crippen LogP contribution in [0.15, 0.2) is 30.3 Å². The summed E-state index contributed by atoms with van der Waals surface area (Å²) in [5.74, 6) is -1.32. The van der Waals surface area contributed by atoms with Gasteiger partial charge >= 0.3 is 5.97 Å². The Bertz CT molecular complexity index is 449. The van der Waals surface area contributed by atoms with Crippen LogP contribution in [0.3, 0.4) is 0 Å². The van der Waals surface area contributed by atoms with Crippen LogP contribution in [-0.4, -0.2) is 23.0 Å². The molecular formula is C16H23NO3. The van der Waals surface area contributed by atoms with E-state index in [-0.39, 0.29) is 11.3 Å². The zero-order valence-corrected chi connectivity index (χ0v) is 12.3. The molecule has 0 spiro atoms. The van der Waals surface area contributed by atoms with Crippen molar-refractivity contribution >= 4 is 11.9 Å². The Labute approximate surface area is 120 Å². The van der Waals surface area contributed by atoms with E-state index in [1.807, 2.05) is 6.07 Å². The highest BCUT2D eigenvalue weighted by atomic mass is 16.4. The van der Waals surface area contributed by atoms with Crippen LogP contribution in [0.5, 0.6) is 0 Å². The van der Waals surface area contributed by atoms with E-state index in [1.165, 1.54) is 0 Å². The van der Waals surface area contributed by atoms with Crippen LogP contribution in [0.4, 0.5) is 0 Å². The van der Waals surface area contributed by atoms with E-state index >= 15 is 0 Å². The molecule has 0 heterocycles. The van der Waals surface area contributed by atoms with E-state index in [4.69, 9.17) is 0 Å². The summed E-state index contributed by atoms with van der Waals surface area (Å²) in [6.07, 6.45) is 2.15. The van der Waals surface area contributed by atoms with Crippen molar-refractivity contribution in [2.75, 3.05) is 0 Å². The molecule has 1 unspecified atom stereocenters. The van der Waals surface area contributed by atoms with E-state index in [2.05, 4.69) is 26.1 Å². The molecule has 0 fully saturated rings. The molecular weight excluding hydrogens is 254 g/mol. The molecule has 4 heteroatoms. The van der Waals surface area contributed by atoms with Gasteiger partial charge in [-0.1, -0.05) is 45.4 Å². The van der Waals surface area contributed by atoms with Gasteiger partial charge in [0.15, 0.2) is 0 Å². The summed E-state index contributed by atoms with van der Waals surface area (Å²) in [6.45, 7) is 6.35. The average Bonchev–Trinajstić information content (AvgIpc) is 2.37. The lowest BCUT2D eigenvalue weighted by atomic mass is 9.89. The first-order valence-corrected chi connectivity index (χ1v) is 6.88. The van der Waals surface area contributed by atoms with Gasteiger partial charge < -0.3 is 10.4 Å². The fourth-order valence-corrected chi connectivity index (χ4v) is 1.93. The summed E-state index contributed by atoms with van der Waals surface area (Å²) >= 11 is 0. The number of carboxylic acids is 1. The maximum atomic E-state index is 11.9. The molecule has 1 rings (SSSR count). The zero-order valence-electron chi connectivity index (χ0n) is 12.3. The SMILES string of the molecule is CC(C)(C)CCCC(NC(=O)c1ccccc1)C(=O)O. The number of carboxylic acid groups (broad SMARTS) is 1. The summed E-state index contributed by atoms with van der Waals surface area (Å²) in [7, 11) is 0. The van der Waals surface area contributed by atoms with Crippen molar-refractivity contribution in [1.82, 2.24) is 5.32 Å². The molecule has 0 bridgehead atoms. The topological polar surface area (TPSA) is 66.4 Å². The summed E-state index contributed by atoms with van der Waals surface area (Å²) in [6, 6.07) is 7.83. The predicted molar refractivity (Wildman–Crippen MR) is 78.6 cm³/mol. The molecule has 0 aliphatic heterocycles. The highest BCUT2D eigenvalue weighted by Gasteiger charge is 2.21. The summed E-state index contributed by atoms with van der Waals surface area (Å²) < 4.78 is 0. The maximum absolute atomic E-state index is 11.9. The molecule has 110 valence electrons. The Balaban J connectivity index is 2.55. The van der Waals surface area contributed by atoms with E-state index in [1.54, 1.807) is 24.3 Å². The molecule has 4 nitrogen and oxygen atoms in total.